The van der Waals surface area contributed by atoms with Crippen molar-refractivity contribution in [2.24, 2.45) is 0 Å². The van der Waals surface area contributed by atoms with E-state index in [4.69, 9.17) is 16.3 Å². The van der Waals surface area contributed by atoms with Crippen LogP contribution >= 0.6 is 11.6 Å². The number of halogens is 1. The highest BCUT2D eigenvalue weighted by Crippen LogP contribution is 2.23. The third kappa shape index (κ3) is 4.81. The van der Waals surface area contributed by atoms with Gasteiger partial charge in [0.1, 0.15) is 5.75 Å². The first kappa shape index (κ1) is 20.4. The average molecular weight is 422 g/mol. The molecule has 0 bridgehead atoms. The monoisotopic (exact) mass is 421 g/mol. The summed E-state index contributed by atoms with van der Waals surface area (Å²) in [5.41, 5.74) is 3.59. The Kier molecular flexibility index (Phi) is 6.31. The van der Waals surface area contributed by atoms with Crippen LogP contribution in [0, 0.1) is 0 Å². The van der Waals surface area contributed by atoms with Crippen molar-refractivity contribution in [3.05, 3.63) is 83.0 Å². The lowest BCUT2D eigenvalue weighted by atomic mass is 10.1. The maximum absolute atomic E-state index is 13.0. The van der Waals surface area contributed by atoms with Crippen molar-refractivity contribution in [1.82, 2.24) is 14.8 Å². The second-order valence-corrected chi connectivity index (χ2v) is 7.79. The molecule has 0 radical (unpaired) electrons. The van der Waals surface area contributed by atoms with Gasteiger partial charge < -0.3 is 9.64 Å². The highest BCUT2D eigenvalue weighted by molar-refractivity contribution is 6.30. The van der Waals surface area contributed by atoms with Crippen LogP contribution in [0.2, 0.25) is 5.02 Å². The quantitative estimate of drug-likeness (QED) is 0.613. The van der Waals surface area contributed by atoms with Crippen LogP contribution in [-0.4, -0.2) is 54.0 Å². The first-order chi connectivity index (χ1) is 14.6. The van der Waals surface area contributed by atoms with Crippen molar-refractivity contribution >= 4 is 17.5 Å². The topological polar surface area (TPSA) is 45.7 Å². The smallest absolute Gasteiger partial charge is 0.254 e. The van der Waals surface area contributed by atoms with Crippen molar-refractivity contribution in [3.8, 4) is 17.0 Å². The number of nitrogens with zero attached hydrogens (tertiary/aromatic N) is 3. The molecule has 5 nitrogen and oxygen atoms in total. The number of carbonyl (C=O) groups excluding carboxylic acids is 1. The Balaban J connectivity index is 1.40. The number of amides is 1. The van der Waals surface area contributed by atoms with E-state index < -0.39 is 0 Å². The molecule has 154 valence electrons. The summed E-state index contributed by atoms with van der Waals surface area (Å²) >= 11 is 5.96. The van der Waals surface area contributed by atoms with Gasteiger partial charge in [0.15, 0.2) is 0 Å². The molecule has 1 aromatic heterocycles. The molecule has 0 aliphatic carbocycles. The predicted molar refractivity (Wildman–Crippen MR) is 119 cm³/mol. The summed E-state index contributed by atoms with van der Waals surface area (Å²) in [6.07, 6.45) is 1.69. The lowest BCUT2D eigenvalue weighted by Gasteiger charge is -2.34. The fourth-order valence-electron chi connectivity index (χ4n) is 3.64. The number of hydrogen-bond acceptors (Lipinski definition) is 4. The van der Waals surface area contributed by atoms with Gasteiger partial charge in [0.05, 0.1) is 12.8 Å². The molecule has 1 saturated heterocycles. The highest BCUT2D eigenvalue weighted by Gasteiger charge is 2.22. The first-order valence-corrected chi connectivity index (χ1v) is 10.4. The van der Waals surface area contributed by atoms with E-state index in [1.807, 2.05) is 47.4 Å². The Bertz CT molecular complexity index is 1010. The lowest BCUT2D eigenvalue weighted by molar-refractivity contribution is 0.0628. The summed E-state index contributed by atoms with van der Waals surface area (Å²) in [5.74, 6) is 0.815. The molecule has 1 aliphatic rings. The molecular weight excluding hydrogens is 398 g/mol. The molecule has 2 heterocycles. The van der Waals surface area contributed by atoms with Gasteiger partial charge in [0.25, 0.3) is 5.91 Å². The number of methoxy groups -OCH3 is 1. The fraction of sp³-hybridized carbons (Fsp3) is 0.250. The van der Waals surface area contributed by atoms with E-state index in [9.17, 15) is 4.79 Å². The number of hydrogen-bond donors (Lipinski definition) is 0. The molecule has 6 heteroatoms. The maximum Gasteiger partial charge on any atom is 0.254 e. The van der Waals surface area contributed by atoms with Gasteiger partial charge in [-0.2, -0.15) is 0 Å². The van der Waals surface area contributed by atoms with E-state index in [1.165, 1.54) is 5.56 Å². The SMILES string of the molecule is COc1cccc(-c2cc(C(=O)N3CCN(Cc4ccc(Cl)cc4)CC3)ccn2)c1. The Morgan fingerprint density at radius 2 is 1.80 bits per heavy atom. The van der Waals surface area contributed by atoms with Crippen molar-refractivity contribution in [3.63, 3.8) is 0 Å². The Morgan fingerprint density at radius 1 is 1.03 bits per heavy atom. The van der Waals surface area contributed by atoms with Crippen molar-refractivity contribution in [2.75, 3.05) is 33.3 Å². The molecule has 2 aromatic carbocycles. The number of ether oxygens (including phenoxy) is 1. The van der Waals surface area contributed by atoms with E-state index in [0.717, 1.165) is 41.7 Å². The normalized spacial score (nSPS) is 14.5. The molecule has 1 fully saturated rings. The van der Waals surface area contributed by atoms with Crippen molar-refractivity contribution in [1.29, 1.82) is 0 Å². The maximum atomic E-state index is 13.0. The molecular formula is C24H24ClN3O2. The fourth-order valence-corrected chi connectivity index (χ4v) is 3.77. The van der Waals surface area contributed by atoms with E-state index >= 15 is 0 Å². The molecule has 0 spiro atoms. The summed E-state index contributed by atoms with van der Waals surface area (Å²) in [4.78, 5) is 21.8. The zero-order valence-electron chi connectivity index (χ0n) is 16.9. The minimum atomic E-state index is 0.0488. The summed E-state index contributed by atoms with van der Waals surface area (Å²) in [6, 6.07) is 19.3. The van der Waals surface area contributed by atoms with Gasteiger partial charge in [-0.1, -0.05) is 35.9 Å². The summed E-state index contributed by atoms with van der Waals surface area (Å²) in [5, 5.41) is 0.750. The Hall–Kier alpha value is -2.89. The van der Waals surface area contributed by atoms with Crippen LogP contribution in [0.5, 0.6) is 5.75 Å². The van der Waals surface area contributed by atoms with Crippen LogP contribution in [0.4, 0.5) is 0 Å². The molecule has 4 rings (SSSR count). The average Bonchev–Trinajstić information content (AvgIpc) is 2.81. The number of rotatable bonds is 5. The molecule has 0 N–H and O–H groups in total. The van der Waals surface area contributed by atoms with Crippen LogP contribution in [-0.2, 0) is 6.54 Å². The van der Waals surface area contributed by atoms with Crippen LogP contribution in [0.15, 0.2) is 66.9 Å². The number of piperazine rings is 1. The molecule has 0 saturated carbocycles. The van der Waals surface area contributed by atoms with Crippen LogP contribution in [0.25, 0.3) is 11.3 Å². The van der Waals surface area contributed by atoms with Gasteiger partial charge in [-0.3, -0.25) is 14.7 Å². The highest BCUT2D eigenvalue weighted by atomic mass is 35.5. The third-order valence-electron chi connectivity index (χ3n) is 5.35. The van der Waals surface area contributed by atoms with E-state index in [2.05, 4.69) is 22.0 Å². The minimum absolute atomic E-state index is 0.0488. The second kappa shape index (κ2) is 9.28. The van der Waals surface area contributed by atoms with Gasteiger partial charge in [-0.15, -0.1) is 0 Å². The first-order valence-electron chi connectivity index (χ1n) is 9.99. The molecule has 3 aromatic rings. The van der Waals surface area contributed by atoms with E-state index in [0.29, 0.717) is 18.7 Å². The van der Waals surface area contributed by atoms with E-state index in [-0.39, 0.29) is 5.91 Å². The van der Waals surface area contributed by atoms with Crippen LogP contribution in [0.1, 0.15) is 15.9 Å². The summed E-state index contributed by atoms with van der Waals surface area (Å²) < 4.78 is 5.29. The molecule has 0 unspecified atom stereocenters. The zero-order chi connectivity index (χ0) is 20.9. The van der Waals surface area contributed by atoms with E-state index in [1.54, 1.807) is 19.4 Å². The van der Waals surface area contributed by atoms with Gasteiger partial charge >= 0.3 is 0 Å². The summed E-state index contributed by atoms with van der Waals surface area (Å²) in [6.45, 7) is 3.99. The number of carbonyl (C=O) groups is 1. The summed E-state index contributed by atoms with van der Waals surface area (Å²) in [7, 11) is 1.64. The zero-order valence-corrected chi connectivity index (χ0v) is 17.7. The third-order valence-corrected chi connectivity index (χ3v) is 5.60. The van der Waals surface area contributed by atoms with Gasteiger partial charge in [0, 0.05) is 55.1 Å². The van der Waals surface area contributed by atoms with Gasteiger partial charge in [0.2, 0.25) is 0 Å². The van der Waals surface area contributed by atoms with Crippen molar-refractivity contribution in [2.45, 2.75) is 6.54 Å². The largest absolute Gasteiger partial charge is 0.497 e. The van der Waals surface area contributed by atoms with Crippen LogP contribution in [0.3, 0.4) is 0 Å². The number of pyridine rings is 1. The Morgan fingerprint density at radius 3 is 2.53 bits per heavy atom. The molecule has 0 atom stereocenters. The number of aromatic nitrogens is 1. The predicted octanol–water partition coefficient (Wildman–Crippen LogP) is 4.37. The Labute approximate surface area is 181 Å². The molecule has 1 aliphatic heterocycles. The van der Waals surface area contributed by atoms with Crippen molar-refractivity contribution < 1.29 is 9.53 Å². The second-order valence-electron chi connectivity index (χ2n) is 7.36. The van der Waals surface area contributed by atoms with Gasteiger partial charge in [-0.05, 0) is 42.0 Å². The van der Waals surface area contributed by atoms with Crippen LogP contribution < -0.4 is 4.74 Å². The minimum Gasteiger partial charge on any atom is -0.497 e. The number of benzene rings is 2. The van der Waals surface area contributed by atoms with Gasteiger partial charge in [-0.25, -0.2) is 0 Å². The molecule has 1 amide bonds. The standard InChI is InChI=1S/C24H24ClN3O2/c1-30-22-4-2-3-19(15-22)23-16-20(9-10-26-23)24(29)28-13-11-27(12-14-28)17-18-5-7-21(25)8-6-18/h2-10,15-16H,11-14,17H2,1H3. The lowest BCUT2D eigenvalue weighted by Crippen LogP contribution is -2.48. The molecule has 30 heavy (non-hydrogen) atoms.